The van der Waals surface area contributed by atoms with E-state index in [0.717, 1.165) is 5.56 Å². The molecule has 0 radical (unpaired) electrons. The lowest BCUT2D eigenvalue weighted by molar-refractivity contribution is -0.133. The van der Waals surface area contributed by atoms with Gasteiger partial charge in [0.2, 0.25) is 0 Å². The fraction of sp³-hybridized carbons (Fsp3) is 0.150. The zero-order valence-electron chi connectivity index (χ0n) is 15.2. The summed E-state index contributed by atoms with van der Waals surface area (Å²) in [6, 6.07) is 11.3. The largest absolute Gasteiger partial charge is 0.451 e. The molecule has 0 aliphatic heterocycles. The van der Waals surface area contributed by atoms with Crippen LogP contribution in [0.4, 0.5) is 4.39 Å². The number of hydrogen-bond acceptors (Lipinski definition) is 5. The number of amides is 1. The number of benzene rings is 2. The molecule has 0 bridgehead atoms. The molecule has 3 rings (SSSR count). The Morgan fingerprint density at radius 3 is 2.59 bits per heavy atom. The predicted molar refractivity (Wildman–Crippen MR) is 111 cm³/mol. The quantitative estimate of drug-likeness (QED) is 0.489. The van der Waals surface area contributed by atoms with Crippen molar-refractivity contribution in [3.8, 4) is 10.6 Å². The number of hydrogen-bond donors (Lipinski definition) is 0. The normalized spacial score (nSPS) is 10.6. The number of nitrogens with zero attached hydrogens (tertiary/aromatic N) is 2. The number of carbonyl (C=O) groups excluding carboxylic acids is 2. The van der Waals surface area contributed by atoms with Crippen molar-refractivity contribution in [3.63, 3.8) is 0 Å². The fourth-order valence-corrected chi connectivity index (χ4v) is 3.56. The second-order valence-electron chi connectivity index (χ2n) is 6.07. The molecule has 0 N–H and O–H groups in total. The van der Waals surface area contributed by atoms with E-state index in [0.29, 0.717) is 10.0 Å². The fourth-order valence-electron chi connectivity index (χ4n) is 2.41. The van der Waals surface area contributed by atoms with Gasteiger partial charge in [-0.25, -0.2) is 14.2 Å². The molecule has 1 aromatic heterocycles. The van der Waals surface area contributed by atoms with Gasteiger partial charge >= 0.3 is 5.97 Å². The van der Waals surface area contributed by atoms with Crippen molar-refractivity contribution in [3.05, 3.63) is 75.0 Å². The first-order chi connectivity index (χ1) is 13.8. The van der Waals surface area contributed by atoms with Gasteiger partial charge in [-0.2, -0.15) is 0 Å². The topological polar surface area (TPSA) is 59.5 Å². The lowest BCUT2D eigenvalue weighted by Crippen LogP contribution is -2.31. The molecule has 5 nitrogen and oxygen atoms in total. The van der Waals surface area contributed by atoms with E-state index in [1.54, 1.807) is 35.7 Å². The highest BCUT2D eigenvalue weighted by atomic mass is 35.5. The summed E-state index contributed by atoms with van der Waals surface area (Å²) in [4.78, 5) is 29.9. The Hall–Kier alpha value is -2.48. The summed E-state index contributed by atoms with van der Waals surface area (Å²) >= 11 is 13.1. The third-order valence-electron chi connectivity index (χ3n) is 4.01. The van der Waals surface area contributed by atoms with Crippen LogP contribution in [-0.2, 0) is 16.1 Å². The van der Waals surface area contributed by atoms with Gasteiger partial charge in [0.05, 0.1) is 0 Å². The van der Waals surface area contributed by atoms with E-state index < -0.39 is 24.3 Å². The van der Waals surface area contributed by atoms with Gasteiger partial charge in [-0.1, -0.05) is 41.4 Å². The Morgan fingerprint density at radius 1 is 1.17 bits per heavy atom. The lowest BCUT2D eigenvalue weighted by atomic mass is 10.2. The second kappa shape index (κ2) is 9.35. The lowest BCUT2D eigenvalue weighted by Gasteiger charge is -2.18. The van der Waals surface area contributed by atoms with E-state index in [-0.39, 0.29) is 22.8 Å². The number of esters is 1. The SMILES string of the molecule is CN(Cc1c(F)cccc1Cl)C(=O)COC(=O)c1csc(-c2ccc(Cl)cc2)n1. The molecule has 0 saturated heterocycles. The van der Waals surface area contributed by atoms with E-state index in [1.807, 2.05) is 0 Å². The predicted octanol–water partition coefficient (Wildman–Crippen LogP) is 5.07. The smallest absolute Gasteiger partial charge is 0.358 e. The van der Waals surface area contributed by atoms with Crippen LogP contribution in [0.5, 0.6) is 0 Å². The molecule has 0 unspecified atom stereocenters. The maximum Gasteiger partial charge on any atom is 0.358 e. The number of rotatable bonds is 6. The molecule has 3 aromatic rings. The van der Waals surface area contributed by atoms with Crippen LogP contribution in [-0.4, -0.2) is 35.4 Å². The highest BCUT2D eigenvalue weighted by Crippen LogP contribution is 2.25. The molecular formula is C20H15Cl2FN2O3S. The highest BCUT2D eigenvalue weighted by Gasteiger charge is 2.18. The molecule has 0 aliphatic rings. The van der Waals surface area contributed by atoms with E-state index in [4.69, 9.17) is 27.9 Å². The van der Waals surface area contributed by atoms with Crippen LogP contribution in [0.3, 0.4) is 0 Å². The number of likely N-dealkylation sites (N-methyl/N-ethyl adjacent to an activating group) is 1. The zero-order chi connectivity index (χ0) is 21.0. The molecular weight excluding hydrogens is 438 g/mol. The van der Waals surface area contributed by atoms with Gasteiger partial charge in [0.15, 0.2) is 12.3 Å². The van der Waals surface area contributed by atoms with Crippen molar-refractivity contribution in [1.29, 1.82) is 0 Å². The first-order valence-electron chi connectivity index (χ1n) is 8.40. The molecule has 1 heterocycles. The van der Waals surface area contributed by atoms with Crippen molar-refractivity contribution >= 4 is 46.4 Å². The molecule has 1 amide bonds. The van der Waals surface area contributed by atoms with Crippen LogP contribution < -0.4 is 0 Å². The Labute approximate surface area is 180 Å². The van der Waals surface area contributed by atoms with Gasteiger partial charge in [-0.3, -0.25) is 4.79 Å². The van der Waals surface area contributed by atoms with Crippen LogP contribution >= 0.6 is 34.5 Å². The number of carbonyl (C=O) groups is 2. The van der Waals surface area contributed by atoms with E-state index in [2.05, 4.69) is 4.98 Å². The van der Waals surface area contributed by atoms with Crippen LogP contribution in [0.1, 0.15) is 16.1 Å². The van der Waals surface area contributed by atoms with Gasteiger partial charge in [-0.15, -0.1) is 11.3 Å². The Kier molecular flexibility index (Phi) is 6.84. The van der Waals surface area contributed by atoms with Crippen molar-refractivity contribution in [2.45, 2.75) is 6.54 Å². The second-order valence-corrected chi connectivity index (χ2v) is 7.77. The molecule has 2 aromatic carbocycles. The summed E-state index contributed by atoms with van der Waals surface area (Å²) < 4.78 is 18.9. The molecule has 150 valence electrons. The minimum absolute atomic E-state index is 0.0424. The van der Waals surface area contributed by atoms with Crippen LogP contribution in [0.2, 0.25) is 10.0 Å². The number of thiazole rings is 1. The third-order valence-corrected chi connectivity index (χ3v) is 5.51. The molecule has 0 aliphatic carbocycles. The van der Waals surface area contributed by atoms with Gasteiger partial charge in [0.1, 0.15) is 10.8 Å². The summed E-state index contributed by atoms with van der Waals surface area (Å²) in [6.45, 7) is -0.533. The summed E-state index contributed by atoms with van der Waals surface area (Å²) in [6.07, 6.45) is 0. The third kappa shape index (κ3) is 5.32. The summed E-state index contributed by atoms with van der Waals surface area (Å²) in [5, 5.41) is 3.01. The number of aromatic nitrogens is 1. The molecule has 0 atom stereocenters. The monoisotopic (exact) mass is 452 g/mol. The van der Waals surface area contributed by atoms with E-state index in [1.165, 1.54) is 35.4 Å². The van der Waals surface area contributed by atoms with Crippen molar-refractivity contribution < 1.29 is 18.7 Å². The number of halogens is 3. The Bertz CT molecular complexity index is 1020. The van der Waals surface area contributed by atoms with Crippen molar-refractivity contribution in [1.82, 2.24) is 9.88 Å². The minimum atomic E-state index is -0.716. The number of ether oxygens (including phenoxy) is 1. The van der Waals surface area contributed by atoms with Crippen LogP contribution in [0, 0.1) is 5.82 Å². The summed E-state index contributed by atoms with van der Waals surface area (Å²) in [5.74, 6) is -1.72. The molecule has 0 saturated carbocycles. The zero-order valence-corrected chi connectivity index (χ0v) is 17.5. The van der Waals surface area contributed by atoms with Crippen molar-refractivity contribution in [2.24, 2.45) is 0 Å². The standard InChI is InChI=1S/C20H15Cl2FN2O3S/c1-25(9-14-15(22)3-2-4-16(14)23)18(26)10-28-20(27)17-11-29-19(24-17)12-5-7-13(21)8-6-12/h2-8,11H,9-10H2,1H3. The van der Waals surface area contributed by atoms with Gasteiger partial charge < -0.3 is 9.64 Å². The van der Waals surface area contributed by atoms with Crippen LogP contribution in [0.25, 0.3) is 10.6 Å². The first kappa shape index (κ1) is 21.2. The minimum Gasteiger partial charge on any atom is -0.451 e. The Balaban J connectivity index is 1.57. The van der Waals surface area contributed by atoms with Crippen molar-refractivity contribution in [2.75, 3.05) is 13.7 Å². The molecule has 0 spiro atoms. The van der Waals surface area contributed by atoms with Gasteiger partial charge in [0.25, 0.3) is 5.91 Å². The molecule has 0 fully saturated rings. The van der Waals surface area contributed by atoms with Gasteiger partial charge in [-0.05, 0) is 24.3 Å². The molecule has 9 heteroatoms. The summed E-state index contributed by atoms with van der Waals surface area (Å²) in [5.41, 5.74) is 1.12. The summed E-state index contributed by atoms with van der Waals surface area (Å²) in [7, 11) is 1.47. The van der Waals surface area contributed by atoms with Crippen LogP contribution in [0.15, 0.2) is 47.8 Å². The maximum atomic E-state index is 13.9. The van der Waals surface area contributed by atoms with E-state index in [9.17, 15) is 14.0 Å². The first-order valence-corrected chi connectivity index (χ1v) is 10.0. The average Bonchev–Trinajstić information content (AvgIpc) is 3.19. The maximum absolute atomic E-state index is 13.9. The van der Waals surface area contributed by atoms with E-state index >= 15 is 0 Å². The van der Waals surface area contributed by atoms with Gasteiger partial charge in [0, 0.05) is 40.1 Å². The average molecular weight is 453 g/mol. The Morgan fingerprint density at radius 2 is 1.90 bits per heavy atom. The highest BCUT2D eigenvalue weighted by molar-refractivity contribution is 7.13. The molecule has 29 heavy (non-hydrogen) atoms.